The lowest BCUT2D eigenvalue weighted by Gasteiger charge is -2.08. The molecule has 0 atom stereocenters. The Hall–Kier alpha value is -1.47. The predicted molar refractivity (Wildman–Crippen MR) is 71.5 cm³/mol. The van der Waals surface area contributed by atoms with Crippen LogP contribution in [0.3, 0.4) is 0 Å². The summed E-state index contributed by atoms with van der Waals surface area (Å²) in [6.45, 7) is 2.31. The summed E-state index contributed by atoms with van der Waals surface area (Å²) in [5.74, 6) is 0. The molecule has 0 saturated carbocycles. The van der Waals surface area contributed by atoms with E-state index >= 15 is 0 Å². The molecule has 0 unspecified atom stereocenters. The second kappa shape index (κ2) is 5.03. The van der Waals surface area contributed by atoms with Crippen molar-refractivity contribution in [2.45, 2.75) is 18.4 Å². The SMILES string of the molecule is Cc1ccc(NCc2csnn2)cc1S(C)(=O)=O. The monoisotopic (exact) mass is 283 g/mol. The van der Waals surface area contributed by atoms with Crippen molar-refractivity contribution in [3.8, 4) is 0 Å². The van der Waals surface area contributed by atoms with Crippen molar-refractivity contribution < 1.29 is 8.42 Å². The number of rotatable bonds is 4. The van der Waals surface area contributed by atoms with Crippen molar-refractivity contribution in [2.75, 3.05) is 11.6 Å². The van der Waals surface area contributed by atoms with Crippen LogP contribution in [0, 0.1) is 6.92 Å². The molecule has 0 radical (unpaired) electrons. The topological polar surface area (TPSA) is 72.0 Å². The molecule has 1 heterocycles. The summed E-state index contributed by atoms with van der Waals surface area (Å²) in [5, 5.41) is 8.88. The molecule has 18 heavy (non-hydrogen) atoms. The highest BCUT2D eigenvalue weighted by atomic mass is 32.2. The number of aryl methyl sites for hydroxylation is 1. The second-order valence-corrected chi connectivity index (χ2v) is 6.60. The Bertz CT molecular complexity index is 636. The van der Waals surface area contributed by atoms with Crippen molar-refractivity contribution >= 4 is 27.1 Å². The van der Waals surface area contributed by atoms with Crippen LogP contribution >= 0.6 is 11.5 Å². The molecule has 7 heteroatoms. The summed E-state index contributed by atoms with van der Waals surface area (Å²) < 4.78 is 26.9. The van der Waals surface area contributed by atoms with Crippen LogP contribution < -0.4 is 5.32 Å². The highest BCUT2D eigenvalue weighted by molar-refractivity contribution is 7.90. The van der Waals surface area contributed by atoms with Crippen LogP contribution in [-0.4, -0.2) is 24.3 Å². The minimum absolute atomic E-state index is 0.351. The third-order valence-corrected chi connectivity index (χ3v) is 4.26. The Morgan fingerprint density at radius 3 is 2.78 bits per heavy atom. The molecule has 96 valence electrons. The van der Waals surface area contributed by atoms with Crippen LogP contribution in [0.4, 0.5) is 5.69 Å². The molecule has 1 N–H and O–H groups in total. The standard InChI is InChI=1S/C11H13N3O2S2/c1-8-3-4-9(5-11(8)18(2,15)16)12-6-10-7-17-14-13-10/h3-5,7,12H,6H2,1-2H3. The van der Waals surface area contributed by atoms with E-state index in [0.29, 0.717) is 11.4 Å². The lowest BCUT2D eigenvalue weighted by Crippen LogP contribution is -2.04. The smallest absolute Gasteiger partial charge is 0.175 e. The van der Waals surface area contributed by atoms with Crippen molar-refractivity contribution in [2.24, 2.45) is 0 Å². The van der Waals surface area contributed by atoms with Crippen LogP contribution in [0.15, 0.2) is 28.5 Å². The van der Waals surface area contributed by atoms with E-state index in [9.17, 15) is 8.42 Å². The fraction of sp³-hybridized carbons (Fsp3) is 0.273. The number of hydrogen-bond acceptors (Lipinski definition) is 6. The second-order valence-electron chi connectivity index (χ2n) is 4.00. The molecular formula is C11H13N3O2S2. The Balaban J connectivity index is 2.20. The number of aromatic nitrogens is 2. The van der Waals surface area contributed by atoms with Crippen molar-refractivity contribution in [1.29, 1.82) is 0 Å². The molecule has 1 aromatic heterocycles. The predicted octanol–water partition coefficient (Wildman–Crippen LogP) is 1.86. The summed E-state index contributed by atoms with van der Waals surface area (Å²) in [7, 11) is -3.19. The van der Waals surface area contributed by atoms with Crippen molar-refractivity contribution in [3.05, 3.63) is 34.8 Å². The van der Waals surface area contributed by atoms with Crippen LogP contribution in [0.2, 0.25) is 0 Å². The van der Waals surface area contributed by atoms with Gasteiger partial charge in [0.1, 0.15) is 0 Å². The first-order chi connectivity index (χ1) is 8.47. The third kappa shape index (κ3) is 3.05. The molecule has 0 aliphatic carbocycles. The summed E-state index contributed by atoms with van der Waals surface area (Å²) in [6, 6.07) is 5.28. The Labute approximate surface area is 110 Å². The number of hydrogen-bond donors (Lipinski definition) is 1. The first kappa shape index (κ1) is 13.0. The van der Waals surface area contributed by atoms with Gasteiger partial charge >= 0.3 is 0 Å². The Morgan fingerprint density at radius 1 is 1.39 bits per heavy atom. The van der Waals surface area contributed by atoms with Crippen molar-refractivity contribution in [3.63, 3.8) is 0 Å². The van der Waals surface area contributed by atoms with Gasteiger partial charge in [0.15, 0.2) is 9.84 Å². The van der Waals surface area contributed by atoms with E-state index in [4.69, 9.17) is 0 Å². The average Bonchev–Trinajstić information content (AvgIpc) is 2.79. The van der Waals surface area contributed by atoms with Crippen LogP contribution in [0.5, 0.6) is 0 Å². The fourth-order valence-electron chi connectivity index (χ4n) is 1.56. The van der Waals surface area contributed by atoms with Gasteiger partial charge in [0.05, 0.1) is 17.1 Å². The van der Waals surface area contributed by atoms with E-state index < -0.39 is 9.84 Å². The van der Waals surface area contributed by atoms with E-state index in [1.54, 1.807) is 19.1 Å². The number of anilines is 1. The minimum Gasteiger partial charge on any atom is -0.379 e. The van der Waals surface area contributed by atoms with Gasteiger partial charge in [0.25, 0.3) is 0 Å². The lowest BCUT2D eigenvalue weighted by molar-refractivity contribution is 0.601. The maximum Gasteiger partial charge on any atom is 0.175 e. The quantitative estimate of drug-likeness (QED) is 0.927. The molecule has 0 bridgehead atoms. The zero-order valence-electron chi connectivity index (χ0n) is 10.0. The molecule has 2 rings (SSSR count). The number of sulfone groups is 1. The van der Waals surface area contributed by atoms with E-state index in [2.05, 4.69) is 14.9 Å². The van der Waals surface area contributed by atoms with Gasteiger partial charge in [-0.25, -0.2) is 8.42 Å². The highest BCUT2D eigenvalue weighted by Crippen LogP contribution is 2.20. The first-order valence-electron chi connectivity index (χ1n) is 5.27. The van der Waals surface area contributed by atoms with Gasteiger partial charge in [-0.05, 0) is 36.2 Å². The summed E-state index contributed by atoms with van der Waals surface area (Å²) in [5.41, 5.74) is 2.34. The normalized spacial score (nSPS) is 11.4. The van der Waals surface area contributed by atoms with Crippen LogP contribution in [0.25, 0.3) is 0 Å². The van der Waals surface area contributed by atoms with E-state index in [0.717, 1.165) is 16.9 Å². The van der Waals surface area contributed by atoms with Gasteiger partial charge < -0.3 is 5.32 Å². The van der Waals surface area contributed by atoms with Crippen molar-refractivity contribution in [1.82, 2.24) is 9.59 Å². The molecule has 0 saturated heterocycles. The number of nitrogens with one attached hydrogen (secondary N) is 1. The molecule has 1 aromatic carbocycles. The van der Waals surface area contributed by atoms with Crippen LogP contribution in [0.1, 0.15) is 11.3 Å². The molecule has 0 fully saturated rings. The van der Waals surface area contributed by atoms with Gasteiger partial charge in [-0.2, -0.15) is 0 Å². The minimum atomic E-state index is -3.19. The van der Waals surface area contributed by atoms with Crippen LogP contribution in [-0.2, 0) is 16.4 Å². The summed E-state index contributed by atoms with van der Waals surface area (Å²) in [4.78, 5) is 0.351. The zero-order valence-corrected chi connectivity index (χ0v) is 11.7. The Morgan fingerprint density at radius 2 is 2.17 bits per heavy atom. The van der Waals surface area contributed by atoms with Gasteiger partial charge in [-0.1, -0.05) is 10.6 Å². The first-order valence-corrected chi connectivity index (χ1v) is 8.00. The molecule has 5 nitrogen and oxygen atoms in total. The molecule has 0 aliphatic heterocycles. The van der Waals surface area contributed by atoms with Gasteiger partial charge in [0.2, 0.25) is 0 Å². The largest absolute Gasteiger partial charge is 0.379 e. The number of nitrogens with zero attached hydrogens (tertiary/aromatic N) is 2. The lowest BCUT2D eigenvalue weighted by atomic mass is 10.2. The van der Waals surface area contributed by atoms with Gasteiger partial charge in [0, 0.05) is 17.3 Å². The maximum atomic E-state index is 11.6. The molecule has 0 spiro atoms. The maximum absolute atomic E-state index is 11.6. The number of benzene rings is 1. The van der Waals surface area contributed by atoms with E-state index in [1.807, 2.05) is 11.4 Å². The van der Waals surface area contributed by atoms with Gasteiger partial charge in [-0.3, -0.25) is 0 Å². The molecule has 0 amide bonds. The fourth-order valence-corrected chi connectivity index (χ4v) is 3.01. The highest BCUT2D eigenvalue weighted by Gasteiger charge is 2.11. The zero-order chi connectivity index (χ0) is 13.2. The molecular weight excluding hydrogens is 270 g/mol. The third-order valence-electron chi connectivity index (χ3n) is 2.47. The molecule has 2 aromatic rings. The summed E-state index contributed by atoms with van der Waals surface area (Å²) in [6.07, 6.45) is 1.21. The average molecular weight is 283 g/mol. The molecule has 0 aliphatic rings. The van der Waals surface area contributed by atoms with E-state index in [1.165, 1.54) is 17.8 Å². The summed E-state index contributed by atoms with van der Waals surface area (Å²) >= 11 is 1.29. The van der Waals surface area contributed by atoms with Gasteiger partial charge in [-0.15, -0.1) is 5.10 Å². The Kier molecular flexibility index (Phi) is 3.63. The van der Waals surface area contributed by atoms with E-state index in [-0.39, 0.29) is 0 Å².